The van der Waals surface area contributed by atoms with Gasteiger partial charge in [-0.15, -0.1) is 11.3 Å². The Hall–Kier alpha value is -3.12. The number of ether oxygens (including phenoxy) is 1. The smallest absolute Gasteiger partial charge is 0.254 e. The first-order valence-corrected chi connectivity index (χ1v) is 12.2. The SMILES string of the molecule is CCN(C(=O)[C@H]1c2ccccc2C(=O)N(CC(C)C)[C@@H]1c1cccs1)c1ccc(OC)cc1. The van der Waals surface area contributed by atoms with Gasteiger partial charge in [0.05, 0.1) is 19.1 Å². The minimum atomic E-state index is -0.488. The zero-order valence-corrected chi connectivity index (χ0v) is 20.3. The molecule has 3 aromatic rings. The summed E-state index contributed by atoms with van der Waals surface area (Å²) in [7, 11) is 1.63. The fourth-order valence-electron chi connectivity index (χ4n) is 4.63. The lowest BCUT2D eigenvalue weighted by Crippen LogP contribution is -2.49. The molecule has 1 aliphatic heterocycles. The van der Waals surface area contributed by atoms with Gasteiger partial charge in [-0.2, -0.15) is 0 Å². The molecule has 33 heavy (non-hydrogen) atoms. The van der Waals surface area contributed by atoms with E-state index in [1.807, 2.05) is 82.8 Å². The van der Waals surface area contributed by atoms with Crippen molar-refractivity contribution < 1.29 is 14.3 Å². The summed E-state index contributed by atoms with van der Waals surface area (Å²) in [4.78, 5) is 32.6. The highest BCUT2D eigenvalue weighted by Gasteiger charge is 2.46. The van der Waals surface area contributed by atoms with Crippen molar-refractivity contribution >= 4 is 28.8 Å². The molecule has 1 aliphatic rings. The number of amides is 2. The molecular formula is C27H30N2O3S. The fraction of sp³-hybridized carbons (Fsp3) is 0.333. The van der Waals surface area contributed by atoms with E-state index in [1.54, 1.807) is 18.4 Å². The number of likely N-dealkylation sites (N-methyl/N-ethyl adjacent to an activating group) is 1. The molecular weight excluding hydrogens is 432 g/mol. The first-order valence-electron chi connectivity index (χ1n) is 11.3. The quantitative estimate of drug-likeness (QED) is 0.449. The van der Waals surface area contributed by atoms with Crippen LogP contribution >= 0.6 is 11.3 Å². The third-order valence-electron chi connectivity index (χ3n) is 6.07. The van der Waals surface area contributed by atoms with Gasteiger partial charge in [-0.1, -0.05) is 38.1 Å². The lowest BCUT2D eigenvalue weighted by Gasteiger charge is -2.43. The molecule has 6 heteroatoms. The second-order valence-corrected chi connectivity index (χ2v) is 9.64. The fourth-order valence-corrected chi connectivity index (χ4v) is 5.50. The van der Waals surface area contributed by atoms with Crippen LogP contribution in [-0.2, 0) is 4.79 Å². The molecule has 0 bridgehead atoms. The van der Waals surface area contributed by atoms with Crippen LogP contribution in [0.15, 0.2) is 66.0 Å². The van der Waals surface area contributed by atoms with Crippen LogP contribution in [0.1, 0.15) is 53.5 Å². The molecule has 0 spiro atoms. The van der Waals surface area contributed by atoms with E-state index >= 15 is 0 Å². The van der Waals surface area contributed by atoms with E-state index in [1.165, 1.54) is 0 Å². The highest BCUT2D eigenvalue weighted by molar-refractivity contribution is 7.10. The molecule has 0 fully saturated rings. The summed E-state index contributed by atoms with van der Waals surface area (Å²) in [6.45, 7) is 7.30. The molecule has 0 saturated carbocycles. The van der Waals surface area contributed by atoms with Crippen molar-refractivity contribution in [2.45, 2.75) is 32.7 Å². The zero-order valence-electron chi connectivity index (χ0n) is 19.5. The summed E-state index contributed by atoms with van der Waals surface area (Å²) < 4.78 is 5.29. The molecule has 0 aliphatic carbocycles. The zero-order chi connectivity index (χ0) is 23.5. The highest BCUT2D eigenvalue weighted by atomic mass is 32.1. The van der Waals surface area contributed by atoms with Gasteiger partial charge in [-0.05, 0) is 60.2 Å². The maximum Gasteiger partial charge on any atom is 0.254 e. The Morgan fingerprint density at radius 2 is 1.82 bits per heavy atom. The highest BCUT2D eigenvalue weighted by Crippen LogP contribution is 2.45. The number of benzene rings is 2. The Balaban J connectivity index is 1.85. The van der Waals surface area contributed by atoms with Gasteiger partial charge < -0.3 is 14.5 Å². The van der Waals surface area contributed by atoms with Crippen LogP contribution in [0.5, 0.6) is 5.75 Å². The first-order chi connectivity index (χ1) is 16.0. The van der Waals surface area contributed by atoms with Crippen LogP contribution in [0.25, 0.3) is 0 Å². The van der Waals surface area contributed by atoms with Gasteiger partial charge in [0.1, 0.15) is 5.75 Å². The summed E-state index contributed by atoms with van der Waals surface area (Å²) in [5, 5.41) is 2.01. The molecule has 2 amide bonds. The Morgan fingerprint density at radius 3 is 2.42 bits per heavy atom. The number of anilines is 1. The molecule has 5 nitrogen and oxygen atoms in total. The number of hydrogen-bond donors (Lipinski definition) is 0. The molecule has 0 N–H and O–H groups in total. The van der Waals surface area contributed by atoms with Crippen molar-refractivity contribution in [2.24, 2.45) is 5.92 Å². The minimum absolute atomic E-state index is 0.00484. The molecule has 0 radical (unpaired) electrons. The molecule has 2 heterocycles. The van der Waals surface area contributed by atoms with E-state index in [4.69, 9.17) is 4.74 Å². The van der Waals surface area contributed by atoms with Crippen molar-refractivity contribution in [3.63, 3.8) is 0 Å². The number of rotatable bonds is 7. The van der Waals surface area contributed by atoms with Crippen LogP contribution in [0.4, 0.5) is 5.69 Å². The number of carbonyl (C=O) groups is 2. The second kappa shape index (κ2) is 9.79. The maximum absolute atomic E-state index is 14.3. The van der Waals surface area contributed by atoms with E-state index < -0.39 is 5.92 Å². The van der Waals surface area contributed by atoms with Crippen molar-refractivity contribution in [1.29, 1.82) is 0 Å². The van der Waals surface area contributed by atoms with Crippen LogP contribution in [0.2, 0.25) is 0 Å². The minimum Gasteiger partial charge on any atom is -0.497 e. The van der Waals surface area contributed by atoms with Crippen molar-refractivity contribution in [2.75, 3.05) is 25.1 Å². The van der Waals surface area contributed by atoms with Crippen LogP contribution in [0, 0.1) is 5.92 Å². The molecule has 2 atom stereocenters. The number of hydrogen-bond acceptors (Lipinski definition) is 4. The van der Waals surface area contributed by atoms with Crippen molar-refractivity contribution in [3.05, 3.63) is 82.0 Å². The van der Waals surface area contributed by atoms with Gasteiger partial charge in [-0.25, -0.2) is 0 Å². The van der Waals surface area contributed by atoms with E-state index in [2.05, 4.69) is 13.8 Å². The Labute approximate surface area is 199 Å². The molecule has 2 aromatic carbocycles. The van der Waals surface area contributed by atoms with Gasteiger partial charge in [0, 0.05) is 29.2 Å². The molecule has 0 saturated heterocycles. The predicted octanol–water partition coefficient (Wildman–Crippen LogP) is 5.75. The third kappa shape index (κ3) is 4.40. The van der Waals surface area contributed by atoms with Crippen molar-refractivity contribution in [1.82, 2.24) is 4.90 Å². The third-order valence-corrected chi connectivity index (χ3v) is 7.01. The molecule has 4 rings (SSSR count). The maximum atomic E-state index is 14.3. The number of carbonyl (C=O) groups excluding carboxylic acids is 2. The van der Waals surface area contributed by atoms with E-state index in [0.29, 0.717) is 18.7 Å². The van der Waals surface area contributed by atoms with Gasteiger partial charge in [0.15, 0.2) is 0 Å². The topological polar surface area (TPSA) is 49.9 Å². The van der Waals surface area contributed by atoms with Crippen LogP contribution < -0.4 is 9.64 Å². The number of nitrogens with zero attached hydrogens (tertiary/aromatic N) is 2. The normalized spacial score (nSPS) is 17.7. The predicted molar refractivity (Wildman–Crippen MR) is 133 cm³/mol. The number of methoxy groups -OCH3 is 1. The van der Waals surface area contributed by atoms with E-state index in [0.717, 1.165) is 21.9 Å². The van der Waals surface area contributed by atoms with Gasteiger partial charge in [0.25, 0.3) is 5.91 Å². The summed E-state index contributed by atoms with van der Waals surface area (Å²) in [6, 6.07) is 18.8. The lowest BCUT2D eigenvalue weighted by atomic mass is 9.80. The van der Waals surface area contributed by atoms with E-state index in [9.17, 15) is 9.59 Å². The van der Waals surface area contributed by atoms with Gasteiger partial charge >= 0.3 is 0 Å². The Bertz CT molecular complexity index is 1110. The Morgan fingerprint density at radius 1 is 1.09 bits per heavy atom. The summed E-state index contributed by atoms with van der Waals surface area (Å²) in [6.07, 6.45) is 0. The largest absolute Gasteiger partial charge is 0.497 e. The van der Waals surface area contributed by atoms with Crippen LogP contribution in [-0.4, -0.2) is 36.9 Å². The number of fused-ring (bicyclic) bond motifs is 1. The summed E-state index contributed by atoms with van der Waals surface area (Å²) in [5.41, 5.74) is 2.24. The summed E-state index contributed by atoms with van der Waals surface area (Å²) in [5.74, 6) is 0.527. The van der Waals surface area contributed by atoms with Crippen LogP contribution in [0.3, 0.4) is 0 Å². The average Bonchev–Trinajstić information content (AvgIpc) is 3.36. The standard InChI is InChI=1S/C27H30N2O3S/c1-5-28(19-12-14-20(32-4)15-13-19)27(31)24-21-9-6-7-10-22(21)26(30)29(17-18(2)3)25(24)23-11-8-16-33-23/h6-16,18,24-25H,5,17H2,1-4H3/t24-,25+/m0/s1. The summed E-state index contributed by atoms with van der Waals surface area (Å²) >= 11 is 1.60. The molecule has 0 unspecified atom stereocenters. The lowest BCUT2D eigenvalue weighted by molar-refractivity contribution is -0.121. The molecule has 1 aromatic heterocycles. The number of thiophene rings is 1. The second-order valence-electron chi connectivity index (χ2n) is 8.66. The Kier molecular flexibility index (Phi) is 6.84. The van der Waals surface area contributed by atoms with E-state index in [-0.39, 0.29) is 23.8 Å². The van der Waals surface area contributed by atoms with Crippen molar-refractivity contribution in [3.8, 4) is 5.75 Å². The monoisotopic (exact) mass is 462 g/mol. The first kappa shape index (κ1) is 23.1. The van der Waals surface area contributed by atoms with Gasteiger partial charge in [-0.3, -0.25) is 9.59 Å². The average molecular weight is 463 g/mol. The van der Waals surface area contributed by atoms with Gasteiger partial charge in [0.2, 0.25) is 5.91 Å². The molecule has 172 valence electrons.